The van der Waals surface area contributed by atoms with E-state index in [1.807, 2.05) is 12.1 Å². The molecule has 24 heavy (non-hydrogen) atoms. The van der Waals surface area contributed by atoms with Crippen molar-refractivity contribution in [3.05, 3.63) is 58.2 Å². The van der Waals surface area contributed by atoms with E-state index in [0.29, 0.717) is 10.6 Å². The van der Waals surface area contributed by atoms with Crippen molar-refractivity contribution in [2.75, 3.05) is 11.9 Å². The van der Waals surface area contributed by atoms with Crippen LogP contribution in [0, 0.1) is 0 Å². The number of aromatic nitrogens is 2. The molecule has 0 saturated heterocycles. The predicted octanol–water partition coefficient (Wildman–Crippen LogP) is 3.50. The SMILES string of the molecule is O=C(Nc1ccc2c(c1)CNCCC2)c1cc(Cl)cc2[nH]ncc12. The fraction of sp³-hybridized carbons (Fsp3) is 0.222. The maximum atomic E-state index is 12.7. The number of carbonyl (C=O) groups is 1. The molecular weight excluding hydrogens is 324 g/mol. The number of benzene rings is 2. The first-order valence-electron chi connectivity index (χ1n) is 7.97. The minimum atomic E-state index is -0.189. The van der Waals surface area contributed by atoms with Gasteiger partial charge in [0.15, 0.2) is 0 Å². The van der Waals surface area contributed by atoms with Crippen molar-refractivity contribution >= 4 is 34.1 Å². The zero-order chi connectivity index (χ0) is 16.5. The highest BCUT2D eigenvalue weighted by Crippen LogP contribution is 2.24. The summed E-state index contributed by atoms with van der Waals surface area (Å²) in [6.45, 7) is 1.86. The third-order valence-corrected chi connectivity index (χ3v) is 4.57. The zero-order valence-corrected chi connectivity index (χ0v) is 13.8. The molecule has 0 aliphatic carbocycles. The number of nitrogens with zero attached hydrogens (tertiary/aromatic N) is 1. The number of hydrogen-bond donors (Lipinski definition) is 3. The van der Waals surface area contributed by atoms with E-state index in [0.717, 1.165) is 42.5 Å². The van der Waals surface area contributed by atoms with Crippen LogP contribution in [0.1, 0.15) is 27.9 Å². The maximum absolute atomic E-state index is 12.7. The van der Waals surface area contributed by atoms with Gasteiger partial charge in [0.25, 0.3) is 5.91 Å². The fourth-order valence-corrected chi connectivity index (χ4v) is 3.36. The van der Waals surface area contributed by atoms with Crippen LogP contribution in [0.25, 0.3) is 10.9 Å². The van der Waals surface area contributed by atoms with Gasteiger partial charge >= 0.3 is 0 Å². The Morgan fingerprint density at radius 3 is 3.04 bits per heavy atom. The second-order valence-electron chi connectivity index (χ2n) is 6.00. The Hall–Kier alpha value is -2.37. The number of nitrogens with one attached hydrogen (secondary N) is 3. The van der Waals surface area contributed by atoms with E-state index in [1.54, 1.807) is 18.3 Å². The molecule has 1 aromatic heterocycles. The number of aromatic amines is 1. The van der Waals surface area contributed by atoms with Crippen LogP contribution in [0.2, 0.25) is 5.02 Å². The van der Waals surface area contributed by atoms with Gasteiger partial charge in [-0.25, -0.2) is 0 Å². The summed E-state index contributed by atoms with van der Waals surface area (Å²) in [6, 6.07) is 9.53. The molecule has 0 fully saturated rings. The predicted molar refractivity (Wildman–Crippen MR) is 95.5 cm³/mol. The first-order valence-corrected chi connectivity index (χ1v) is 8.35. The molecule has 0 saturated carbocycles. The van der Waals surface area contributed by atoms with Gasteiger partial charge in [0.1, 0.15) is 0 Å². The Morgan fingerprint density at radius 1 is 1.21 bits per heavy atom. The van der Waals surface area contributed by atoms with E-state index in [-0.39, 0.29) is 5.91 Å². The molecule has 0 spiro atoms. The lowest BCUT2D eigenvalue weighted by Crippen LogP contribution is -2.14. The fourth-order valence-electron chi connectivity index (χ4n) is 3.14. The third kappa shape index (κ3) is 2.88. The second kappa shape index (κ2) is 6.26. The molecule has 2 aromatic carbocycles. The highest BCUT2D eigenvalue weighted by molar-refractivity contribution is 6.32. The lowest BCUT2D eigenvalue weighted by atomic mass is 10.0. The second-order valence-corrected chi connectivity index (χ2v) is 6.44. The molecule has 0 radical (unpaired) electrons. The van der Waals surface area contributed by atoms with Crippen molar-refractivity contribution in [3.8, 4) is 0 Å². The zero-order valence-electron chi connectivity index (χ0n) is 13.0. The van der Waals surface area contributed by atoms with Gasteiger partial charge in [-0.15, -0.1) is 0 Å². The molecule has 2 heterocycles. The number of H-pyrrole nitrogens is 1. The smallest absolute Gasteiger partial charge is 0.256 e. The summed E-state index contributed by atoms with van der Waals surface area (Å²) in [5.74, 6) is -0.189. The average molecular weight is 341 g/mol. The normalized spacial score (nSPS) is 14.2. The van der Waals surface area contributed by atoms with E-state index in [1.165, 1.54) is 11.1 Å². The van der Waals surface area contributed by atoms with E-state index >= 15 is 0 Å². The number of hydrogen-bond acceptors (Lipinski definition) is 3. The standard InChI is InChI=1S/C18H17ClN4O/c19-13-7-15(16-10-21-23-17(16)8-13)18(24)22-14-4-3-11-2-1-5-20-9-12(11)6-14/h3-4,6-8,10,20H,1-2,5,9H2,(H,21,23)(H,22,24). The Bertz CT molecular complexity index is 919. The topological polar surface area (TPSA) is 69.8 Å². The highest BCUT2D eigenvalue weighted by atomic mass is 35.5. The summed E-state index contributed by atoms with van der Waals surface area (Å²) in [7, 11) is 0. The molecule has 3 N–H and O–H groups in total. The van der Waals surface area contributed by atoms with Crippen LogP contribution in [0.15, 0.2) is 36.5 Å². The Labute approximate surface area is 144 Å². The van der Waals surface area contributed by atoms with Crippen LogP contribution in [0.4, 0.5) is 5.69 Å². The third-order valence-electron chi connectivity index (χ3n) is 4.35. The summed E-state index contributed by atoms with van der Waals surface area (Å²) in [4.78, 5) is 12.7. The molecule has 0 bridgehead atoms. The summed E-state index contributed by atoms with van der Waals surface area (Å²) < 4.78 is 0. The van der Waals surface area contributed by atoms with Gasteiger partial charge in [-0.2, -0.15) is 5.10 Å². The average Bonchev–Trinajstić information content (AvgIpc) is 2.91. The number of rotatable bonds is 2. The van der Waals surface area contributed by atoms with Gasteiger partial charge in [0, 0.05) is 22.6 Å². The number of anilines is 1. The Morgan fingerprint density at radius 2 is 2.12 bits per heavy atom. The Kier molecular flexibility index (Phi) is 3.96. The van der Waals surface area contributed by atoms with Gasteiger partial charge in [0.2, 0.25) is 0 Å². The Balaban J connectivity index is 1.64. The lowest BCUT2D eigenvalue weighted by Gasteiger charge is -2.11. The van der Waals surface area contributed by atoms with E-state index < -0.39 is 0 Å². The van der Waals surface area contributed by atoms with Crippen molar-refractivity contribution in [3.63, 3.8) is 0 Å². The van der Waals surface area contributed by atoms with Crippen LogP contribution in [0.5, 0.6) is 0 Å². The number of fused-ring (bicyclic) bond motifs is 2. The maximum Gasteiger partial charge on any atom is 0.256 e. The first kappa shape index (κ1) is 15.2. The van der Waals surface area contributed by atoms with Gasteiger partial charge in [0.05, 0.1) is 17.3 Å². The van der Waals surface area contributed by atoms with Crippen LogP contribution in [-0.2, 0) is 13.0 Å². The quantitative estimate of drug-likeness (QED) is 0.668. The van der Waals surface area contributed by atoms with Crippen molar-refractivity contribution in [1.82, 2.24) is 15.5 Å². The number of aryl methyl sites for hydroxylation is 1. The number of amides is 1. The molecule has 3 aromatic rings. The minimum Gasteiger partial charge on any atom is -0.322 e. The van der Waals surface area contributed by atoms with Crippen LogP contribution in [0.3, 0.4) is 0 Å². The summed E-state index contributed by atoms with van der Waals surface area (Å²) in [5, 5.41) is 14.5. The van der Waals surface area contributed by atoms with Crippen LogP contribution < -0.4 is 10.6 Å². The van der Waals surface area contributed by atoms with Crippen molar-refractivity contribution in [1.29, 1.82) is 0 Å². The summed E-state index contributed by atoms with van der Waals surface area (Å²) >= 11 is 6.10. The molecule has 0 unspecified atom stereocenters. The van der Waals surface area contributed by atoms with E-state index in [9.17, 15) is 4.79 Å². The molecule has 0 atom stereocenters. The number of halogens is 1. The summed E-state index contributed by atoms with van der Waals surface area (Å²) in [5.41, 5.74) is 4.64. The van der Waals surface area contributed by atoms with Crippen molar-refractivity contribution in [2.24, 2.45) is 0 Å². The van der Waals surface area contributed by atoms with Gasteiger partial charge < -0.3 is 10.6 Å². The molecular formula is C18H17ClN4O. The number of carbonyl (C=O) groups excluding carboxylic acids is 1. The summed E-state index contributed by atoms with van der Waals surface area (Å²) in [6.07, 6.45) is 3.85. The van der Waals surface area contributed by atoms with Gasteiger partial charge in [-0.1, -0.05) is 17.7 Å². The largest absolute Gasteiger partial charge is 0.322 e. The monoisotopic (exact) mass is 340 g/mol. The molecule has 1 amide bonds. The van der Waals surface area contributed by atoms with Crippen LogP contribution in [-0.4, -0.2) is 22.6 Å². The molecule has 1 aliphatic heterocycles. The molecule has 5 nitrogen and oxygen atoms in total. The van der Waals surface area contributed by atoms with E-state index in [4.69, 9.17) is 11.6 Å². The van der Waals surface area contributed by atoms with Gasteiger partial charge in [-0.05, 0) is 54.8 Å². The van der Waals surface area contributed by atoms with E-state index in [2.05, 4.69) is 26.9 Å². The molecule has 4 rings (SSSR count). The van der Waals surface area contributed by atoms with Crippen LogP contribution >= 0.6 is 11.6 Å². The highest BCUT2D eigenvalue weighted by Gasteiger charge is 2.14. The lowest BCUT2D eigenvalue weighted by molar-refractivity contribution is 0.102. The minimum absolute atomic E-state index is 0.189. The first-order chi connectivity index (χ1) is 11.7. The molecule has 6 heteroatoms. The molecule has 122 valence electrons. The van der Waals surface area contributed by atoms with Crippen molar-refractivity contribution in [2.45, 2.75) is 19.4 Å². The van der Waals surface area contributed by atoms with Crippen molar-refractivity contribution < 1.29 is 4.79 Å². The van der Waals surface area contributed by atoms with Gasteiger partial charge in [-0.3, -0.25) is 9.89 Å². The molecule has 1 aliphatic rings.